The fraction of sp³-hybridized carbons (Fsp3) is 0.429. The summed E-state index contributed by atoms with van der Waals surface area (Å²) < 4.78 is 26.5. The van der Waals surface area contributed by atoms with E-state index < -0.39 is 5.82 Å². The van der Waals surface area contributed by atoms with Crippen LogP contribution in [0.3, 0.4) is 0 Å². The lowest BCUT2D eigenvalue weighted by atomic mass is 10.00. The first kappa shape index (κ1) is 13.8. The molecule has 17 heavy (non-hydrogen) atoms. The molecule has 0 aliphatic rings. The third-order valence-electron chi connectivity index (χ3n) is 2.62. The number of hydrogen-bond acceptors (Lipinski definition) is 1. The van der Waals surface area contributed by atoms with Crippen LogP contribution in [0.2, 0.25) is 0 Å². The Morgan fingerprint density at radius 2 is 2.06 bits per heavy atom. The molecule has 0 saturated carbocycles. The van der Waals surface area contributed by atoms with E-state index in [4.69, 9.17) is 0 Å². The Labute approximate surface area is 102 Å². The molecule has 0 fully saturated rings. The van der Waals surface area contributed by atoms with E-state index in [1.54, 1.807) is 6.08 Å². The quantitative estimate of drug-likeness (QED) is 0.827. The molecule has 3 heteroatoms. The zero-order valence-corrected chi connectivity index (χ0v) is 10.6. The second kappa shape index (κ2) is 6.50. The van der Waals surface area contributed by atoms with E-state index in [1.165, 1.54) is 6.07 Å². The van der Waals surface area contributed by atoms with Crippen molar-refractivity contribution in [2.45, 2.75) is 20.8 Å². The summed E-state index contributed by atoms with van der Waals surface area (Å²) in [6, 6.07) is 3.52. The summed E-state index contributed by atoms with van der Waals surface area (Å²) in [5, 5.41) is 3.20. The highest BCUT2D eigenvalue weighted by atomic mass is 19.1. The van der Waals surface area contributed by atoms with Crippen molar-refractivity contribution in [2.75, 3.05) is 13.1 Å². The predicted molar refractivity (Wildman–Crippen MR) is 67.7 cm³/mol. The van der Waals surface area contributed by atoms with Crippen molar-refractivity contribution in [1.82, 2.24) is 5.32 Å². The van der Waals surface area contributed by atoms with Gasteiger partial charge < -0.3 is 5.32 Å². The summed E-state index contributed by atoms with van der Waals surface area (Å²) in [5.74, 6) is -0.498. The number of hydrogen-bond donors (Lipinski definition) is 1. The first-order valence-electron chi connectivity index (χ1n) is 5.90. The van der Waals surface area contributed by atoms with E-state index in [0.717, 1.165) is 24.3 Å². The molecule has 94 valence electrons. The highest BCUT2D eigenvalue weighted by Gasteiger charge is 2.06. The van der Waals surface area contributed by atoms with Crippen molar-refractivity contribution in [1.29, 1.82) is 0 Å². The molecule has 0 amide bonds. The van der Waals surface area contributed by atoms with E-state index in [9.17, 15) is 8.78 Å². The van der Waals surface area contributed by atoms with E-state index in [1.807, 2.05) is 20.8 Å². The van der Waals surface area contributed by atoms with Gasteiger partial charge in [0.1, 0.15) is 11.6 Å². The Morgan fingerprint density at radius 1 is 1.35 bits per heavy atom. The van der Waals surface area contributed by atoms with Gasteiger partial charge in [-0.15, -0.1) is 0 Å². The summed E-state index contributed by atoms with van der Waals surface area (Å²) in [6.45, 7) is 7.65. The molecule has 0 heterocycles. The van der Waals surface area contributed by atoms with Crippen LogP contribution >= 0.6 is 0 Å². The molecule has 0 spiro atoms. The van der Waals surface area contributed by atoms with Crippen molar-refractivity contribution in [3.05, 3.63) is 41.0 Å². The van der Waals surface area contributed by atoms with Gasteiger partial charge in [0, 0.05) is 12.1 Å². The van der Waals surface area contributed by atoms with E-state index in [2.05, 4.69) is 5.32 Å². The van der Waals surface area contributed by atoms with Crippen LogP contribution in [0.25, 0.3) is 6.08 Å². The van der Waals surface area contributed by atoms with Crippen molar-refractivity contribution in [2.24, 2.45) is 5.92 Å². The summed E-state index contributed by atoms with van der Waals surface area (Å²) in [5.41, 5.74) is 1.38. The number of benzene rings is 1. The van der Waals surface area contributed by atoms with E-state index in [-0.39, 0.29) is 5.82 Å². The standard InChI is InChI=1S/C14H19F2N/c1-4-17-9-12(10(2)3)7-11-8-13(15)5-6-14(11)16/h5-8,10,17H,4,9H2,1-3H3. The number of rotatable bonds is 5. The lowest BCUT2D eigenvalue weighted by Crippen LogP contribution is -2.18. The summed E-state index contributed by atoms with van der Waals surface area (Å²) in [7, 11) is 0. The van der Waals surface area contributed by atoms with Crippen molar-refractivity contribution in [3.63, 3.8) is 0 Å². The Hall–Kier alpha value is -1.22. The molecule has 1 aromatic carbocycles. The van der Waals surface area contributed by atoms with E-state index in [0.29, 0.717) is 18.0 Å². The van der Waals surface area contributed by atoms with Gasteiger partial charge in [0.15, 0.2) is 0 Å². The first-order chi connectivity index (χ1) is 8.04. The zero-order chi connectivity index (χ0) is 12.8. The molecule has 0 atom stereocenters. The average molecular weight is 239 g/mol. The van der Waals surface area contributed by atoms with E-state index >= 15 is 0 Å². The Kier molecular flexibility index (Phi) is 5.29. The highest BCUT2D eigenvalue weighted by molar-refractivity contribution is 5.54. The van der Waals surface area contributed by atoms with Crippen LogP contribution in [0.1, 0.15) is 26.3 Å². The van der Waals surface area contributed by atoms with Gasteiger partial charge in [-0.05, 0) is 30.7 Å². The Bertz CT molecular complexity index is 397. The normalized spacial score (nSPS) is 12.2. The second-order valence-electron chi connectivity index (χ2n) is 4.32. The average Bonchev–Trinajstić information content (AvgIpc) is 2.28. The Morgan fingerprint density at radius 3 is 2.65 bits per heavy atom. The molecular weight excluding hydrogens is 220 g/mol. The van der Waals surface area contributed by atoms with Gasteiger partial charge in [0.25, 0.3) is 0 Å². The number of halogens is 2. The highest BCUT2D eigenvalue weighted by Crippen LogP contribution is 2.17. The van der Waals surface area contributed by atoms with Crippen LogP contribution in [0, 0.1) is 17.6 Å². The number of nitrogens with one attached hydrogen (secondary N) is 1. The lowest BCUT2D eigenvalue weighted by molar-refractivity contribution is 0.597. The minimum Gasteiger partial charge on any atom is -0.313 e. The number of likely N-dealkylation sites (N-methyl/N-ethyl adjacent to an activating group) is 1. The smallest absolute Gasteiger partial charge is 0.130 e. The second-order valence-corrected chi connectivity index (χ2v) is 4.32. The molecule has 0 bridgehead atoms. The summed E-state index contributed by atoms with van der Waals surface area (Å²) >= 11 is 0. The molecule has 0 aliphatic carbocycles. The predicted octanol–water partition coefficient (Wildman–Crippen LogP) is 3.61. The maximum Gasteiger partial charge on any atom is 0.130 e. The monoisotopic (exact) mass is 239 g/mol. The third-order valence-corrected chi connectivity index (χ3v) is 2.62. The maximum atomic E-state index is 13.5. The van der Waals surface area contributed by atoms with Gasteiger partial charge in [0.05, 0.1) is 0 Å². The SMILES string of the molecule is CCNCC(=Cc1cc(F)ccc1F)C(C)C. The molecule has 0 radical (unpaired) electrons. The Balaban J connectivity index is 2.99. The third kappa shape index (κ3) is 4.27. The fourth-order valence-corrected chi connectivity index (χ4v) is 1.52. The molecule has 0 aromatic heterocycles. The maximum absolute atomic E-state index is 13.5. The summed E-state index contributed by atoms with van der Waals surface area (Å²) in [6.07, 6.45) is 1.73. The minimum atomic E-state index is -0.413. The van der Waals surface area contributed by atoms with Crippen LogP contribution in [0.15, 0.2) is 23.8 Å². The van der Waals surface area contributed by atoms with Crippen LogP contribution < -0.4 is 5.32 Å². The van der Waals surface area contributed by atoms with Gasteiger partial charge in [0.2, 0.25) is 0 Å². The molecule has 1 aromatic rings. The van der Waals surface area contributed by atoms with Crippen LogP contribution in [0.5, 0.6) is 0 Å². The van der Waals surface area contributed by atoms with Gasteiger partial charge >= 0.3 is 0 Å². The van der Waals surface area contributed by atoms with Gasteiger partial charge in [-0.2, -0.15) is 0 Å². The molecule has 0 aliphatic heterocycles. The zero-order valence-electron chi connectivity index (χ0n) is 10.6. The first-order valence-corrected chi connectivity index (χ1v) is 5.90. The molecule has 0 saturated heterocycles. The van der Waals surface area contributed by atoms with Crippen LogP contribution in [-0.4, -0.2) is 13.1 Å². The molecule has 1 nitrogen and oxygen atoms in total. The van der Waals surface area contributed by atoms with Crippen molar-refractivity contribution >= 4 is 6.08 Å². The minimum absolute atomic E-state index is 0.303. The molecule has 1 N–H and O–H groups in total. The van der Waals surface area contributed by atoms with Crippen molar-refractivity contribution in [3.8, 4) is 0 Å². The molecule has 0 unspecified atom stereocenters. The van der Waals surface area contributed by atoms with Gasteiger partial charge in [-0.25, -0.2) is 8.78 Å². The van der Waals surface area contributed by atoms with Gasteiger partial charge in [-0.1, -0.05) is 32.4 Å². The van der Waals surface area contributed by atoms with Crippen LogP contribution in [0.4, 0.5) is 8.78 Å². The summed E-state index contributed by atoms with van der Waals surface area (Å²) in [4.78, 5) is 0. The van der Waals surface area contributed by atoms with Crippen molar-refractivity contribution < 1.29 is 8.78 Å². The lowest BCUT2D eigenvalue weighted by Gasteiger charge is -2.12. The van der Waals surface area contributed by atoms with Gasteiger partial charge in [-0.3, -0.25) is 0 Å². The molecular formula is C14H19F2N. The largest absolute Gasteiger partial charge is 0.313 e. The fourth-order valence-electron chi connectivity index (χ4n) is 1.52. The molecule has 1 rings (SSSR count). The topological polar surface area (TPSA) is 12.0 Å². The van der Waals surface area contributed by atoms with Crippen LogP contribution in [-0.2, 0) is 0 Å².